The second-order valence-electron chi connectivity index (χ2n) is 5.56. The molecule has 0 radical (unpaired) electrons. The molecular weight excluding hydrogens is 224 g/mol. The summed E-state index contributed by atoms with van der Waals surface area (Å²) in [5, 5.41) is 3.35. The Morgan fingerprint density at radius 3 is 2.17 bits per heavy atom. The largest absolute Gasteiger partial charge is 0.491 e. The minimum absolute atomic E-state index is 0.233. The van der Waals surface area contributed by atoms with Gasteiger partial charge in [0.25, 0.3) is 0 Å². The van der Waals surface area contributed by atoms with E-state index in [1.54, 1.807) is 0 Å². The first kappa shape index (κ1) is 13.4. The summed E-state index contributed by atoms with van der Waals surface area (Å²) >= 11 is 0. The SMILES string of the molecule is CC(C)Oc1ccc(C(C2CNC2)N(C)C)cc1. The highest BCUT2D eigenvalue weighted by molar-refractivity contribution is 5.30. The number of ether oxygens (including phenoxy) is 1. The van der Waals surface area contributed by atoms with Crippen molar-refractivity contribution in [2.24, 2.45) is 5.92 Å². The maximum Gasteiger partial charge on any atom is 0.119 e. The van der Waals surface area contributed by atoms with Crippen molar-refractivity contribution in [2.45, 2.75) is 26.0 Å². The first-order valence-corrected chi connectivity index (χ1v) is 6.71. The maximum atomic E-state index is 5.68. The van der Waals surface area contributed by atoms with E-state index >= 15 is 0 Å². The molecule has 1 fully saturated rings. The molecule has 1 aliphatic heterocycles. The van der Waals surface area contributed by atoms with Crippen molar-refractivity contribution in [1.29, 1.82) is 0 Å². The van der Waals surface area contributed by atoms with Gasteiger partial charge in [-0.3, -0.25) is 0 Å². The molecule has 1 N–H and O–H groups in total. The van der Waals surface area contributed by atoms with Gasteiger partial charge < -0.3 is 15.0 Å². The second-order valence-corrected chi connectivity index (χ2v) is 5.56. The molecule has 0 saturated carbocycles. The molecule has 1 atom stereocenters. The summed E-state index contributed by atoms with van der Waals surface area (Å²) < 4.78 is 5.68. The fraction of sp³-hybridized carbons (Fsp3) is 0.600. The van der Waals surface area contributed by atoms with Crippen LogP contribution < -0.4 is 10.1 Å². The number of nitrogens with zero attached hydrogens (tertiary/aromatic N) is 1. The van der Waals surface area contributed by atoms with Gasteiger partial charge in [-0.25, -0.2) is 0 Å². The van der Waals surface area contributed by atoms with Crippen LogP contribution in [0.5, 0.6) is 5.75 Å². The Morgan fingerprint density at radius 1 is 1.17 bits per heavy atom. The van der Waals surface area contributed by atoms with Gasteiger partial charge >= 0.3 is 0 Å². The first-order valence-electron chi connectivity index (χ1n) is 6.71. The van der Waals surface area contributed by atoms with Gasteiger partial charge in [0.15, 0.2) is 0 Å². The third-order valence-electron chi connectivity index (χ3n) is 3.41. The van der Waals surface area contributed by atoms with Gasteiger partial charge in [0.2, 0.25) is 0 Å². The van der Waals surface area contributed by atoms with Gasteiger partial charge in [-0.15, -0.1) is 0 Å². The molecule has 3 heteroatoms. The van der Waals surface area contributed by atoms with E-state index in [1.807, 2.05) is 0 Å². The van der Waals surface area contributed by atoms with Crippen LogP contribution in [0.4, 0.5) is 0 Å². The number of nitrogens with one attached hydrogen (secondary N) is 1. The van der Waals surface area contributed by atoms with Gasteiger partial charge in [0, 0.05) is 25.0 Å². The fourth-order valence-corrected chi connectivity index (χ4v) is 2.54. The van der Waals surface area contributed by atoms with Crippen LogP contribution in [-0.4, -0.2) is 38.2 Å². The Morgan fingerprint density at radius 2 is 1.78 bits per heavy atom. The zero-order chi connectivity index (χ0) is 13.1. The predicted octanol–water partition coefficient (Wildman–Crippen LogP) is 2.30. The molecule has 1 unspecified atom stereocenters. The van der Waals surface area contributed by atoms with Crippen LogP contribution in [0.3, 0.4) is 0 Å². The summed E-state index contributed by atoms with van der Waals surface area (Å²) in [6.45, 7) is 6.34. The standard InChI is InChI=1S/C15H24N2O/c1-11(2)18-14-7-5-12(6-8-14)15(17(3)4)13-9-16-10-13/h5-8,11,13,15-16H,9-10H2,1-4H3. The third-order valence-corrected chi connectivity index (χ3v) is 3.41. The van der Waals surface area contributed by atoms with E-state index in [4.69, 9.17) is 4.74 Å². The third kappa shape index (κ3) is 3.03. The fourth-order valence-electron chi connectivity index (χ4n) is 2.54. The van der Waals surface area contributed by atoms with Crippen LogP contribution in [-0.2, 0) is 0 Å². The van der Waals surface area contributed by atoms with Crippen molar-refractivity contribution in [2.75, 3.05) is 27.2 Å². The number of benzene rings is 1. The molecule has 18 heavy (non-hydrogen) atoms. The Hall–Kier alpha value is -1.06. The highest BCUT2D eigenvalue weighted by atomic mass is 16.5. The zero-order valence-electron chi connectivity index (χ0n) is 11.8. The lowest BCUT2D eigenvalue weighted by Gasteiger charge is -2.38. The molecule has 0 aromatic heterocycles. The normalized spacial score (nSPS) is 17.9. The Labute approximate surface area is 110 Å². The summed E-state index contributed by atoms with van der Waals surface area (Å²) in [7, 11) is 4.31. The molecule has 0 bridgehead atoms. The van der Waals surface area contributed by atoms with Crippen LogP contribution in [0, 0.1) is 5.92 Å². The van der Waals surface area contributed by atoms with E-state index in [2.05, 4.69) is 62.4 Å². The molecule has 1 heterocycles. The molecule has 1 aromatic rings. The summed E-state index contributed by atoms with van der Waals surface area (Å²) in [5.74, 6) is 1.68. The van der Waals surface area contributed by atoms with Crippen molar-refractivity contribution in [3.05, 3.63) is 29.8 Å². The van der Waals surface area contributed by atoms with Gasteiger partial charge in [0.05, 0.1) is 6.10 Å². The van der Waals surface area contributed by atoms with Crippen LogP contribution in [0.1, 0.15) is 25.5 Å². The number of hydrogen-bond donors (Lipinski definition) is 1. The summed E-state index contributed by atoms with van der Waals surface area (Å²) in [5.41, 5.74) is 1.38. The van der Waals surface area contributed by atoms with Gasteiger partial charge in [-0.1, -0.05) is 12.1 Å². The van der Waals surface area contributed by atoms with Gasteiger partial charge in [-0.05, 0) is 45.6 Å². The quantitative estimate of drug-likeness (QED) is 0.865. The molecule has 3 nitrogen and oxygen atoms in total. The molecule has 0 spiro atoms. The smallest absolute Gasteiger partial charge is 0.119 e. The average molecular weight is 248 g/mol. The predicted molar refractivity (Wildman–Crippen MR) is 75.0 cm³/mol. The zero-order valence-corrected chi connectivity index (χ0v) is 11.8. The Kier molecular flexibility index (Phi) is 4.25. The first-order chi connectivity index (χ1) is 8.58. The number of hydrogen-bond acceptors (Lipinski definition) is 3. The molecule has 0 amide bonds. The lowest BCUT2D eigenvalue weighted by Crippen LogP contribution is -2.48. The van der Waals surface area contributed by atoms with Crippen molar-refractivity contribution in [3.8, 4) is 5.75 Å². The molecule has 1 saturated heterocycles. The Bertz CT molecular complexity index is 369. The molecule has 1 aromatic carbocycles. The highest BCUT2D eigenvalue weighted by Gasteiger charge is 2.29. The highest BCUT2D eigenvalue weighted by Crippen LogP contribution is 2.30. The topological polar surface area (TPSA) is 24.5 Å². The van der Waals surface area contributed by atoms with Gasteiger partial charge in [-0.2, -0.15) is 0 Å². The van der Waals surface area contributed by atoms with Crippen molar-refractivity contribution >= 4 is 0 Å². The van der Waals surface area contributed by atoms with Crippen LogP contribution in [0.2, 0.25) is 0 Å². The summed E-state index contributed by atoms with van der Waals surface area (Å²) in [6, 6.07) is 9.05. The van der Waals surface area contributed by atoms with Crippen molar-refractivity contribution in [1.82, 2.24) is 10.2 Å². The van der Waals surface area contributed by atoms with Crippen molar-refractivity contribution < 1.29 is 4.74 Å². The average Bonchev–Trinajstić information content (AvgIpc) is 2.23. The summed E-state index contributed by atoms with van der Waals surface area (Å²) in [4.78, 5) is 2.31. The van der Waals surface area contributed by atoms with E-state index in [0.717, 1.165) is 24.8 Å². The number of rotatable bonds is 5. The minimum atomic E-state index is 0.233. The second kappa shape index (κ2) is 5.72. The lowest BCUT2D eigenvalue weighted by molar-refractivity contribution is 0.160. The molecule has 1 aliphatic rings. The minimum Gasteiger partial charge on any atom is -0.491 e. The van der Waals surface area contributed by atoms with Gasteiger partial charge in [0.1, 0.15) is 5.75 Å². The van der Waals surface area contributed by atoms with Crippen LogP contribution in [0.15, 0.2) is 24.3 Å². The van der Waals surface area contributed by atoms with E-state index in [-0.39, 0.29) is 6.10 Å². The van der Waals surface area contributed by atoms with Crippen molar-refractivity contribution in [3.63, 3.8) is 0 Å². The van der Waals surface area contributed by atoms with Crippen LogP contribution in [0.25, 0.3) is 0 Å². The lowest BCUT2D eigenvalue weighted by atomic mass is 9.88. The van der Waals surface area contributed by atoms with E-state index in [0.29, 0.717) is 6.04 Å². The molecule has 100 valence electrons. The van der Waals surface area contributed by atoms with E-state index < -0.39 is 0 Å². The summed E-state index contributed by atoms with van der Waals surface area (Å²) in [6.07, 6.45) is 0.233. The van der Waals surface area contributed by atoms with Crippen LogP contribution >= 0.6 is 0 Å². The molecule has 2 rings (SSSR count). The maximum absolute atomic E-state index is 5.68. The Balaban J connectivity index is 2.10. The molecule has 0 aliphatic carbocycles. The van der Waals surface area contributed by atoms with E-state index in [1.165, 1.54) is 5.56 Å². The van der Waals surface area contributed by atoms with E-state index in [9.17, 15) is 0 Å². The molecular formula is C15H24N2O. The monoisotopic (exact) mass is 248 g/mol.